The van der Waals surface area contributed by atoms with Gasteiger partial charge < -0.3 is 10.6 Å². The Hall–Kier alpha value is -2.90. The van der Waals surface area contributed by atoms with Crippen molar-refractivity contribution in [3.05, 3.63) is 87.9 Å². The molecule has 3 atom stereocenters. The SMILES string of the molecule is CC(=NC=S)C(C)C(NC(=O)NC(c1ccccc1)c1scnc1C)c1ccccc1. The molecule has 0 fully saturated rings. The molecule has 0 aliphatic carbocycles. The van der Waals surface area contributed by atoms with Crippen LogP contribution in [-0.4, -0.2) is 22.2 Å². The molecule has 3 aromatic rings. The Kier molecular flexibility index (Phi) is 8.03. The van der Waals surface area contributed by atoms with E-state index in [4.69, 9.17) is 12.2 Å². The number of aryl methyl sites for hydroxylation is 1. The zero-order valence-electron chi connectivity index (χ0n) is 17.8. The van der Waals surface area contributed by atoms with Crippen molar-refractivity contribution in [3.8, 4) is 0 Å². The molecule has 2 N–H and O–H groups in total. The van der Waals surface area contributed by atoms with E-state index in [0.29, 0.717) is 0 Å². The molecule has 0 aliphatic rings. The Bertz CT molecular complexity index is 1030. The molecule has 31 heavy (non-hydrogen) atoms. The van der Waals surface area contributed by atoms with Crippen LogP contribution in [-0.2, 0) is 0 Å². The standard InChI is InChI=1S/C24H26N4OS2/c1-16(17(2)25-14-30)21(19-10-6-4-7-11-19)27-24(29)28-22(20-12-8-5-9-13-20)23-18(3)26-15-31-23/h4-16,21-22H,1-3H3,(H2,27,28,29). The van der Waals surface area contributed by atoms with Crippen LogP contribution < -0.4 is 10.6 Å². The number of urea groups is 1. The van der Waals surface area contributed by atoms with Gasteiger partial charge in [-0.3, -0.25) is 4.99 Å². The summed E-state index contributed by atoms with van der Waals surface area (Å²) in [6.07, 6.45) is 0. The minimum atomic E-state index is -0.281. The molecule has 1 aromatic heterocycles. The molecule has 2 amide bonds. The molecule has 3 unspecified atom stereocenters. The Balaban J connectivity index is 1.87. The number of amides is 2. The van der Waals surface area contributed by atoms with Crippen molar-refractivity contribution >= 4 is 40.8 Å². The first-order valence-electron chi connectivity index (χ1n) is 10.1. The molecule has 7 heteroatoms. The second-order valence-corrected chi connectivity index (χ2v) is 8.41. The number of nitrogens with one attached hydrogen (secondary N) is 2. The Morgan fingerprint density at radius 3 is 2.23 bits per heavy atom. The Morgan fingerprint density at radius 2 is 1.68 bits per heavy atom. The fraction of sp³-hybridized carbons (Fsp3) is 0.250. The van der Waals surface area contributed by atoms with E-state index in [-0.39, 0.29) is 24.0 Å². The number of hydrogen-bond donors (Lipinski definition) is 2. The van der Waals surface area contributed by atoms with Gasteiger partial charge in [0.25, 0.3) is 0 Å². The van der Waals surface area contributed by atoms with Crippen molar-refractivity contribution in [3.63, 3.8) is 0 Å². The summed E-state index contributed by atoms with van der Waals surface area (Å²) in [5, 5.41) is 6.31. The van der Waals surface area contributed by atoms with Gasteiger partial charge in [0.15, 0.2) is 0 Å². The van der Waals surface area contributed by atoms with Crippen molar-refractivity contribution in [1.29, 1.82) is 0 Å². The third kappa shape index (κ3) is 5.83. The smallest absolute Gasteiger partial charge is 0.316 e. The van der Waals surface area contributed by atoms with E-state index in [0.717, 1.165) is 27.4 Å². The number of thiazole rings is 1. The van der Waals surface area contributed by atoms with Crippen LogP contribution in [0.4, 0.5) is 4.79 Å². The number of benzene rings is 2. The first kappa shape index (κ1) is 22.8. The maximum Gasteiger partial charge on any atom is 0.316 e. The monoisotopic (exact) mass is 450 g/mol. The maximum atomic E-state index is 13.2. The van der Waals surface area contributed by atoms with Crippen LogP contribution in [0.5, 0.6) is 0 Å². The van der Waals surface area contributed by atoms with Crippen molar-refractivity contribution in [1.82, 2.24) is 15.6 Å². The number of carbonyl (C=O) groups is 1. The predicted molar refractivity (Wildman–Crippen MR) is 132 cm³/mol. The van der Waals surface area contributed by atoms with Crippen LogP contribution in [0.15, 0.2) is 71.2 Å². The lowest BCUT2D eigenvalue weighted by molar-refractivity contribution is 0.233. The molecule has 2 aromatic carbocycles. The van der Waals surface area contributed by atoms with Gasteiger partial charge in [-0.2, -0.15) is 0 Å². The highest BCUT2D eigenvalue weighted by Crippen LogP contribution is 2.28. The lowest BCUT2D eigenvalue weighted by Gasteiger charge is -2.27. The lowest BCUT2D eigenvalue weighted by atomic mass is 9.91. The number of nitrogens with zero attached hydrogens (tertiary/aromatic N) is 2. The van der Waals surface area contributed by atoms with Crippen LogP contribution in [0.1, 0.15) is 47.6 Å². The van der Waals surface area contributed by atoms with Gasteiger partial charge in [0, 0.05) is 11.6 Å². The number of rotatable bonds is 8. The first-order valence-corrected chi connectivity index (χ1v) is 11.4. The molecule has 160 valence electrons. The van der Waals surface area contributed by atoms with E-state index in [9.17, 15) is 4.79 Å². The topological polar surface area (TPSA) is 66.4 Å². The molecular formula is C24H26N4OS2. The number of carbonyl (C=O) groups excluding carboxylic acids is 1. The van der Waals surface area contributed by atoms with Gasteiger partial charge >= 0.3 is 6.03 Å². The Labute approximate surface area is 192 Å². The minimum absolute atomic E-state index is 0.0346. The normalized spacial score (nSPS) is 14.4. The van der Waals surface area contributed by atoms with E-state index in [2.05, 4.69) is 20.6 Å². The zero-order chi connectivity index (χ0) is 22.2. The third-order valence-corrected chi connectivity index (χ3v) is 6.42. The summed E-state index contributed by atoms with van der Waals surface area (Å²) < 4.78 is 0. The molecule has 0 radical (unpaired) electrons. The van der Waals surface area contributed by atoms with E-state index in [1.165, 1.54) is 16.8 Å². The van der Waals surface area contributed by atoms with Gasteiger partial charge in [-0.05, 0) is 25.0 Å². The summed E-state index contributed by atoms with van der Waals surface area (Å²) in [6.45, 7) is 5.93. The molecule has 5 nitrogen and oxygen atoms in total. The van der Waals surface area contributed by atoms with Gasteiger partial charge in [-0.15, -0.1) is 11.3 Å². The third-order valence-electron chi connectivity index (χ3n) is 5.31. The quantitative estimate of drug-likeness (QED) is 0.345. The fourth-order valence-corrected chi connectivity index (χ4v) is 4.49. The molecule has 0 saturated carbocycles. The largest absolute Gasteiger partial charge is 0.331 e. The lowest BCUT2D eigenvalue weighted by Crippen LogP contribution is -2.43. The number of aromatic nitrogens is 1. The van der Waals surface area contributed by atoms with Crippen LogP contribution in [0.25, 0.3) is 0 Å². The first-order chi connectivity index (χ1) is 15.0. The van der Waals surface area contributed by atoms with Crippen LogP contribution in [0.2, 0.25) is 0 Å². The van der Waals surface area contributed by atoms with Gasteiger partial charge in [0.05, 0.1) is 33.7 Å². The molecule has 0 bridgehead atoms. The highest BCUT2D eigenvalue weighted by atomic mass is 32.1. The van der Waals surface area contributed by atoms with Crippen molar-refractivity contribution in [2.24, 2.45) is 10.9 Å². The van der Waals surface area contributed by atoms with E-state index >= 15 is 0 Å². The van der Waals surface area contributed by atoms with Crippen LogP contribution in [0, 0.1) is 12.8 Å². The summed E-state index contributed by atoms with van der Waals surface area (Å²) in [4.78, 5) is 22.8. The molecule has 0 saturated heterocycles. The minimum Gasteiger partial charge on any atom is -0.331 e. The summed E-state index contributed by atoms with van der Waals surface area (Å²) in [7, 11) is 0. The maximum absolute atomic E-state index is 13.2. The molecule has 1 heterocycles. The van der Waals surface area contributed by atoms with Crippen molar-refractivity contribution in [2.45, 2.75) is 32.9 Å². The summed E-state index contributed by atoms with van der Waals surface area (Å²) in [5.74, 6) is -0.0346. The van der Waals surface area contributed by atoms with Crippen molar-refractivity contribution in [2.75, 3.05) is 0 Å². The number of hydrogen-bond acceptors (Lipinski definition) is 4. The van der Waals surface area contributed by atoms with E-state index in [1.54, 1.807) is 5.51 Å². The zero-order valence-corrected chi connectivity index (χ0v) is 19.4. The summed E-state index contributed by atoms with van der Waals surface area (Å²) in [6, 6.07) is 19.1. The van der Waals surface area contributed by atoms with Gasteiger partial charge in [-0.25, -0.2) is 9.78 Å². The van der Waals surface area contributed by atoms with Gasteiger partial charge in [-0.1, -0.05) is 79.8 Å². The summed E-state index contributed by atoms with van der Waals surface area (Å²) >= 11 is 6.43. The average molecular weight is 451 g/mol. The average Bonchev–Trinajstić information content (AvgIpc) is 3.22. The van der Waals surface area contributed by atoms with Gasteiger partial charge in [0.1, 0.15) is 0 Å². The van der Waals surface area contributed by atoms with Crippen molar-refractivity contribution < 1.29 is 4.79 Å². The van der Waals surface area contributed by atoms with Crippen LogP contribution >= 0.6 is 23.6 Å². The molecule has 0 spiro atoms. The Morgan fingerprint density at radius 1 is 1.06 bits per heavy atom. The van der Waals surface area contributed by atoms with E-state index < -0.39 is 0 Å². The fourth-order valence-electron chi connectivity index (χ4n) is 3.45. The molecule has 3 rings (SSSR count). The number of aliphatic imine (C=N–C) groups is 1. The summed E-state index contributed by atoms with van der Waals surface area (Å²) in [5.41, 5.74) is 6.96. The highest BCUT2D eigenvalue weighted by molar-refractivity contribution is 7.78. The second kappa shape index (κ2) is 10.9. The molecule has 0 aliphatic heterocycles. The highest BCUT2D eigenvalue weighted by Gasteiger charge is 2.26. The molecular weight excluding hydrogens is 424 g/mol. The van der Waals surface area contributed by atoms with E-state index in [1.807, 2.05) is 81.4 Å². The predicted octanol–water partition coefficient (Wildman–Crippen LogP) is 5.64. The number of thiocarbonyl (C=S) groups is 1. The van der Waals surface area contributed by atoms with Gasteiger partial charge in [0.2, 0.25) is 0 Å². The van der Waals surface area contributed by atoms with Crippen LogP contribution in [0.3, 0.4) is 0 Å². The second-order valence-electron chi connectivity index (χ2n) is 7.32.